The lowest BCUT2D eigenvalue weighted by molar-refractivity contribution is -0.116. The number of benzene rings is 2. The Morgan fingerprint density at radius 3 is 2.24 bits per heavy atom. The molecule has 1 N–H and O–H groups in total. The van der Waals surface area contributed by atoms with Crippen molar-refractivity contribution in [3.05, 3.63) is 71.1 Å². The van der Waals surface area contributed by atoms with E-state index in [1.165, 1.54) is 0 Å². The van der Waals surface area contributed by atoms with E-state index in [2.05, 4.69) is 15.5 Å². The Balaban J connectivity index is 1.48. The summed E-state index contributed by atoms with van der Waals surface area (Å²) < 4.78 is 30.1. The van der Waals surface area contributed by atoms with Gasteiger partial charge in [-0.3, -0.25) is 10.1 Å². The molecule has 0 aliphatic heterocycles. The highest BCUT2D eigenvalue weighted by molar-refractivity contribution is 7.91. The third-order valence-electron chi connectivity index (χ3n) is 4.39. The van der Waals surface area contributed by atoms with Gasteiger partial charge in [-0.15, -0.1) is 5.10 Å². The van der Waals surface area contributed by atoms with E-state index in [0.29, 0.717) is 12.3 Å². The number of nitrogens with one attached hydrogen (secondary N) is 1. The molecule has 1 aromatic heterocycles. The van der Waals surface area contributed by atoms with Crippen LogP contribution >= 0.6 is 0 Å². The van der Waals surface area contributed by atoms with Gasteiger partial charge in [-0.1, -0.05) is 52.6 Å². The van der Waals surface area contributed by atoms with Gasteiger partial charge in [0, 0.05) is 6.42 Å². The first-order valence-electron chi connectivity index (χ1n) is 9.29. The molecule has 0 radical (unpaired) electrons. The Kier molecular flexibility index (Phi) is 6.43. The fourth-order valence-corrected chi connectivity index (χ4v) is 4.03. The number of aryl methyl sites for hydroxylation is 2. The summed E-state index contributed by atoms with van der Waals surface area (Å²) in [6, 6.07) is 14.6. The minimum atomic E-state index is -3.41. The number of sulfone groups is 1. The van der Waals surface area contributed by atoms with E-state index in [0.717, 1.165) is 16.7 Å². The third kappa shape index (κ3) is 5.99. The number of carbonyl (C=O) groups is 1. The van der Waals surface area contributed by atoms with Crippen LogP contribution in [0.15, 0.2) is 57.8 Å². The van der Waals surface area contributed by atoms with Crippen LogP contribution in [0.1, 0.15) is 35.4 Å². The average molecular weight is 413 g/mol. The van der Waals surface area contributed by atoms with Crippen LogP contribution in [0, 0.1) is 13.8 Å². The lowest BCUT2D eigenvalue weighted by atomic mass is 10.1. The second-order valence-corrected chi connectivity index (χ2v) is 9.06. The first kappa shape index (κ1) is 20.7. The normalized spacial score (nSPS) is 11.4. The zero-order valence-electron chi connectivity index (χ0n) is 16.4. The SMILES string of the molecule is Cc1ccc(Cc2nnc(NC(=O)CCCS(=O)(=O)c3ccc(C)cc3)o2)cc1. The van der Waals surface area contributed by atoms with Gasteiger partial charge < -0.3 is 4.42 Å². The van der Waals surface area contributed by atoms with Crippen LogP contribution in [0.5, 0.6) is 0 Å². The lowest BCUT2D eigenvalue weighted by Gasteiger charge is -2.05. The van der Waals surface area contributed by atoms with Gasteiger partial charge in [0.05, 0.1) is 17.1 Å². The summed E-state index contributed by atoms with van der Waals surface area (Å²) in [6.07, 6.45) is 0.713. The van der Waals surface area contributed by atoms with E-state index >= 15 is 0 Å². The van der Waals surface area contributed by atoms with E-state index < -0.39 is 9.84 Å². The molecule has 7 nitrogen and oxygen atoms in total. The molecule has 0 aliphatic rings. The van der Waals surface area contributed by atoms with Crippen molar-refractivity contribution in [3.63, 3.8) is 0 Å². The largest absolute Gasteiger partial charge is 0.407 e. The fraction of sp³-hybridized carbons (Fsp3) is 0.286. The Hall–Kier alpha value is -3.00. The molecule has 0 bridgehead atoms. The summed E-state index contributed by atoms with van der Waals surface area (Å²) >= 11 is 0. The second kappa shape index (κ2) is 9.00. The van der Waals surface area contributed by atoms with E-state index in [1.54, 1.807) is 24.3 Å². The molecule has 29 heavy (non-hydrogen) atoms. The number of hydrogen-bond donors (Lipinski definition) is 1. The molecule has 0 saturated heterocycles. The van der Waals surface area contributed by atoms with Crippen LogP contribution in [-0.2, 0) is 21.1 Å². The van der Waals surface area contributed by atoms with Crippen LogP contribution in [0.3, 0.4) is 0 Å². The van der Waals surface area contributed by atoms with Gasteiger partial charge in [-0.25, -0.2) is 8.42 Å². The van der Waals surface area contributed by atoms with Crippen molar-refractivity contribution in [2.45, 2.75) is 38.0 Å². The fourth-order valence-electron chi connectivity index (χ4n) is 2.72. The maximum atomic E-state index is 12.3. The number of aromatic nitrogens is 2. The predicted molar refractivity (Wildman–Crippen MR) is 109 cm³/mol. The molecule has 1 amide bonds. The van der Waals surface area contributed by atoms with Crippen molar-refractivity contribution >= 4 is 21.8 Å². The van der Waals surface area contributed by atoms with Gasteiger partial charge in [0.2, 0.25) is 11.8 Å². The second-order valence-electron chi connectivity index (χ2n) is 6.95. The first-order chi connectivity index (χ1) is 13.8. The van der Waals surface area contributed by atoms with Crippen molar-refractivity contribution in [2.75, 3.05) is 11.1 Å². The molecule has 2 aromatic carbocycles. The van der Waals surface area contributed by atoms with Crippen molar-refractivity contribution < 1.29 is 17.6 Å². The van der Waals surface area contributed by atoms with Crippen molar-refractivity contribution in [3.8, 4) is 0 Å². The molecule has 1 heterocycles. The zero-order valence-corrected chi connectivity index (χ0v) is 17.2. The summed E-state index contributed by atoms with van der Waals surface area (Å²) in [5.74, 6) is -0.0767. The van der Waals surface area contributed by atoms with Crippen LogP contribution in [0.25, 0.3) is 0 Å². The number of hydrogen-bond acceptors (Lipinski definition) is 6. The lowest BCUT2D eigenvalue weighted by Crippen LogP contribution is -2.14. The van der Waals surface area contributed by atoms with Crippen molar-refractivity contribution in [1.82, 2.24) is 10.2 Å². The standard InChI is InChI=1S/C21H23N3O4S/c1-15-5-9-17(10-6-15)14-20-23-24-21(28-20)22-19(25)4-3-13-29(26,27)18-11-7-16(2)8-12-18/h5-12H,3-4,13-14H2,1-2H3,(H,22,24,25). The molecule has 8 heteroatoms. The predicted octanol–water partition coefficient (Wildman–Crippen LogP) is 3.47. The molecular weight excluding hydrogens is 390 g/mol. The highest BCUT2D eigenvalue weighted by Gasteiger charge is 2.16. The van der Waals surface area contributed by atoms with Crippen LogP contribution in [-0.4, -0.2) is 30.3 Å². The molecule has 3 aromatic rings. The number of carbonyl (C=O) groups excluding carboxylic acids is 1. The number of rotatable bonds is 8. The third-order valence-corrected chi connectivity index (χ3v) is 6.20. The number of nitrogens with zero attached hydrogens (tertiary/aromatic N) is 2. The minimum Gasteiger partial charge on any atom is -0.407 e. The van der Waals surface area contributed by atoms with Crippen LogP contribution < -0.4 is 5.32 Å². The van der Waals surface area contributed by atoms with Gasteiger partial charge in [-0.2, -0.15) is 0 Å². The quantitative estimate of drug-likeness (QED) is 0.607. The Morgan fingerprint density at radius 2 is 1.59 bits per heavy atom. The Morgan fingerprint density at radius 1 is 0.966 bits per heavy atom. The monoisotopic (exact) mass is 413 g/mol. The molecule has 0 fully saturated rings. The summed E-state index contributed by atoms with van der Waals surface area (Å²) in [7, 11) is -3.41. The van der Waals surface area contributed by atoms with E-state index in [9.17, 15) is 13.2 Å². The molecule has 0 unspecified atom stereocenters. The van der Waals surface area contributed by atoms with Crippen LogP contribution in [0.4, 0.5) is 6.01 Å². The molecule has 152 valence electrons. The molecule has 0 aliphatic carbocycles. The van der Waals surface area contributed by atoms with E-state index in [4.69, 9.17) is 4.42 Å². The maximum absolute atomic E-state index is 12.3. The number of amides is 1. The van der Waals surface area contributed by atoms with E-state index in [1.807, 2.05) is 38.1 Å². The summed E-state index contributed by atoms with van der Waals surface area (Å²) in [4.78, 5) is 12.3. The Bertz CT molecular complexity index is 1070. The van der Waals surface area contributed by atoms with Crippen molar-refractivity contribution in [1.29, 1.82) is 0 Å². The molecular formula is C21H23N3O4S. The maximum Gasteiger partial charge on any atom is 0.322 e. The Labute approximate surface area is 170 Å². The number of anilines is 1. The summed E-state index contributed by atoms with van der Waals surface area (Å²) in [6.45, 7) is 3.90. The molecule has 0 spiro atoms. The highest BCUT2D eigenvalue weighted by Crippen LogP contribution is 2.15. The first-order valence-corrected chi connectivity index (χ1v) is 10.9. The topological polar surface area (TPSA) is 102 Å². The highest BCUT2D eigenvalue weighted by atomic mass is 32.2. The van der Waals surface area contributed by atoms with Gasteiger partial charge >= 0.3 is 6.01 Å². The average Bonchev–Trinajstić information content (AvgIpc) is 3.10. The van der Waals surface area contributed by atoms with Gasteiger partial charge in [-0.05, 0) is 38.0 Å². The molecule has 3 rings (SSSR count). The van der Waals surface area contributed by atoms with E-state index in [-0.39, 0.29) is 35.4 Å². The zero-order chi connectivity index (χ0) is 20.9. The minimum absolute atomic E-state index is 0.0125. The van der Waals surface area contributed by atoms with Crippen molar-refractivity contribution in [2.24, 2.45) is 0 Å². The summed E-state index contributed by atoms with van der Waals surface area (Å²) in [5.41, 5.74) is 3.18. The molecule has 0 saturated carbocycles. The summed E-state index contributed by atoms with van der Waals surface area (Å²) in [5, 5.41) is 10.3. The van der Waals surface area contributed by atoms with Gasteiger partial charge in [0.15, 0.2) is 9.84 Å². The van der Waals surface area contributed by atoms with Crippen LogP contribution in [0.2, 0.25) is 0 Å². The van der Waals surface area contributed by atoms with Gasteiger partial charge in [0.25, 0.3) is 0 Å². The smallest absolute Gasteiger partial charge is 0.322 e. The molecule has 0 atom stereocenters. The van der Waals surface area contributed by atoms with Gasteiger partial charge in [0.1, 0.15) is 0 Å².